The molecule has 0 saturated carbocycles. The van der Waals surface area contributed by atoms with Crippen LogP contribution in [0.4, 0.5) is 0 Å². The highest BCUT2D eigenvalue weighted by atomic mass is 16.5. The fourth-order valence-corrected chi connectivity index (χ4v) is 4.74. The van der Waals surface area contributed by atoms with Gasteiger partial charge in [-0.3, -0.25) is 9.59 Å². The van der Waals surface area contributed by atoms with Gasteiger partial charge in [-0.15, -0.1) is 0 Å². The first-order chi connectivity index (χ1) is 17.8. The number of aryl methyl sites for hydroxylation is 3. The molecule has 0 bridgehead atoms. The van der Waals surface area contributed by atoms with Gasteiger partial charge in [0.15, 0.2) is 5.65 Å². The van der Waals surface area contributed by atoms with E-state index in [4.69, 9.17) is 19.6 Å². The van der Waals surface area contributed by atoms with E-state index in [1.807, 2.05) is 56.6 Å². The Kier molecular flexibility index (Phi) is 9.18. The summed E-state index contributed by atoms with van der Waals surface area (Å²) in [6, 6.07) is 6.97. The van der Waals surface area contributed by atoms with Gasteiger partial charge in [0.2, 0.25) is 5.91 Å². The molecule has 38 heavy (non-hydrogen) atoms. The summed E-state index contributed by atoms with van der Waals surface area (Å²) in [6.07, 6.45) is 0.929. The number of esters is 1. The molecule has 8 heteroatoms. The third-order valence-electron chi connectivity index (χ3n) is 6.48. The van der Waals surface area contributed by atoms with Gasteiger partial charge in [0.1, 0.15) is 5.75 Å². The lowest BCUT2D eigenvalue weighted by Crippen LogP contribution is -2.31. The first kappa shape index (κ1) is 29.1. The van der Waals surface area contributed by atoms with E-state index in [1.165, 1.54) is 0 Å². The number of carbonyl (C=O) groups excluding carboxylic acids is 2. The number of hydrogen-bond acceptors (Lipinski definition) is 6. The molecule has 0 aliphatic heterocycles. The van der Waals surface area contributed by atoms with Crippen molar-refractivity contribution in [2.45, 2.75) is 99.3 Å². The van der Waals surface area contributed by atoms with Crippen molar-refractivity contribution in [3.05, 3.63) is 52.3 Å². The number of aromatic nitrogens is 3. The first-order valence-electron chi connectivity index (χ1n) is 13.4. The molecule has 0 spiro atoms. The Balaban J connectivity index is 1.79. The number of hydrogen-bond donors (Lipinski definition) is 1. The summed E-state index contributed by atoms with van der Waals surface area (Å²) in [6.45, 7) is 18.4. The lowest BCUT2D eigenvalue weighted by Gasteiger charge is -2.21. The average molecular weight is 523 g/mol. The van der Waals surface area contributed by atoms with Gasteiger partial charge in [0.05, 0.1) is 36.4 Å². The van der Waals surface area contributed by atoms with Gasteiger partial charge in [0.25, 0.3) is 0 Å². The Bertz CT molecular complexity index is 1290. The minimum Gasteiger partial charge on any atom is -0.491 e. The molecule has 3 aromatic rings. The van der Waals surface area contributed by atoms with Crippen molar-refractivity contribution < 1.29 is 19.1 Å². The summed E-state index contributed by atoms with van der Waals surface area (Å²) in [4.78, 5) is 30.3. The van der Waals surface area contributed by atoms with E-state index in [2.05, 4.69) is 33.0 Å². The molecule has 2 aromatic heterocycles. The first-order valence-corrected chi connectivity index (χ1v) is 13.4. The van der Waals surface area contributed by atoms with E-state index in [1.54, 1.807) is 6.92 Å². The zero-order valence-corrected chi connectivity index (χ0v) is 24.3. The molecule has 0 radical (unpaired) electrons. The number of nitrogens with zero attached hydrogens (tertiary/aromatic N) is 3. The highest BCUT2D eigenvalue weighted by Gasteiger charge is 2.24. The van der Waals surface area contributed by atoms with Crippen LogP contribution in [0.25, 0.3) is 11.0 Å². The van der Waals surface area contributed by atoms with Gasteiger partial charge in [-0.05, 0) is 97.6 Å². The largest absolute Gasteiger partial charge is 0.491 e. The van der Waals surface area contributed by atoms with Gasteiger partial charge < -0.3 is 14.8 Å². The van der Waals surface area contributed by atoms with Crippen molar-refractivity contribution in [3.63, 3.8) is 0 Å². The van der Waals surface area contributed by atoms with Crippen LogP contribution >= 0.6 is 0 Å². The SMILES string of the molecule is CCOC(=O)C[C@@H](NC(=O)CCc1c(C)nc2c(c(C)nn2C(C)(C)C)c1C)c1ccc(OC(C)C)cc1. The second-order valence-electron chi connectivity index (χ2n) is 11.0. The van der Waals surface area contributed by atoms with E-state index in [9.17, 15) is 9.59 Å². The van der Waals surface area contributed by atoms with Gasteiger partial charge in [-0.2, -0.15) is 5.10 Å². The number of fused-ring (bicyclic) bond motifs is 1. The van der Waals surface area contributed by atoms with Crippen molar-refractivity contribution in [1.82, 2.24) is 20.1 Å². The van der Waals surface area contributed by atoms with Crippen LogP contribution in [0.1, 0.15) is 88.5 Å². The second kappa shape index (κ2) is 12.0. The molecule has 2 heterocycles. The van der Waals surface area contributed by atoms with Crippen LogP contribution in [0.2, 0.25) is 0 Å². The summed E-state index contributed by atoms with van der Waals surface area (Å²) in [5.74, 6) is 0.250. The highest BCUT2D eigenvalue weighted by molar-refractivity contribution is 5.84. The molecule has 206 valence electrons. The maximum absolute atomic E-state index is 13.1. The van der Waals surface area contributed by atoms with Crippen LogP contribution in [-0.4, -0.2) is 39.4 Å². The number of nitrogens with one attached hydrogen (secondary N) is 1. The van der Waals surface area contributed by atoms with E-state index >= 15 is 0 Å². The number of benzene rings is 1. The normalized spacial score (nSPS) is 12.6. The van der Waals surface area contributed by atoms with Gasteiger partial charge >= 0.3 is 5.97 Å². The standard InChI is InChI=1S/C30H42N4O4/c1-10-37-27(36)17-25(22-11-13-23(14-12-22)38-18(2)3)32-26(35)16-15-24-19(4)28-21(6)33-34(30(7,8)9)29(28)31-20(24)5/h11-14,18,25H,10,15-17H2,1-9H3,(H,32,35)/t25-/m1/s1. The number of ether oxygens (including phenoxy) is 2. The number of pyridine rings is 1. The Labute approximate surface area is 226 Å². The minimum absolute atomic E-state index is 0.0563. The maximum atomic E-state index is 13.1. The molecule has 3 rings (SSSR count). The fourth-order valence-electron chi connectivity index (χ4n) is 4.74. The smallest absolute Gasteiger partial charge is 0.308 e. The summed E-state index contributed by atoms with van der Waals surface area (Å²) in [5, 5.41) is 8.85. The quantitative estimate of drug-likeness (QED) is 0.346. The van der Waals surface area contributed by atoms with Gasteiger partial charge in [-0.25, -0.2) is 9.67 Å². The molecular formula is C30H42N4O4. The number of amides is 1. The molecular weight excluding hydrogens is 480 g/mol. The van der Waals surface area contributed by atoms with Crippen molar-refractivity contribution >= 4 is 22.9 Å². The topological polar surface area (TPSA) is 95.3 Å². The Morgan fingerprint density at radius 2 is 1.71 bits per heavy atom. The summed E-state index contributed by atoms with van der Waals surface area (Å²) >= 11 is 0. The Morgan fingerprint density at radius 3 is 2.29 bits per heavy atom. The van der Waals surface area contributed by atoms with E-state index in [0.717, 1.165) is 44.9 Å². The predicted molar refractivity (Wildman–Crippen MR) is 149 cm³/mol. The number of carbonyl (C=O) groups is 2. The molecule has 0 unspecified atom stereocenters. The van der Waals surface area contributed by atoms with Crippen LogP contribution < -0.4 is 10.1 Å². The monoisotopic (exact) mass is 522 g/mol. The average Bonchev–Trinajstić information content (AvgIpc) is 3.15. The Morgan fingerprint density at radius 1 is 1.05 bits per heavy atom. The molecule has 0 aliphatic rings. The molecule has 1 N–H and O–H groups in total. The molecule has 8 nitrogen and oxygen atoms in total. The van der Waals surface area contributed by atoms with Crippen molar-refractivity contribution in [2.24, 2.45) is 0 Å². The summed E-state index contributed by atoms with van der Waals surface area (Å²) in [5.41, 5.74) is 5.51. The molecule has 0 fully saturated rings. The molecule has 1 amide bonds. The predicted octanol–water partition coefficient (Wildman–Crippen LogP) is 5.64. The summed E-state index contributed by atoms with van der Waals surface area (Å²) < 4.78 is 12.9. The van der Waals surface area contributed by atoms with Crippen LogP contribution in [0, 0.1) is 20.8 Å². The van der Waals surface area contributed by atoms with E-state index < -0.39 is 6.04 Å². The molecule has 0 aliphatic carbocycles. The molecule has 1 aromatic carbocycles. The minimum atomic E-state index is -0.496. The van der Waals surface area contributed by atoms with Gasteiger partial charge in [0, 0.05) is 17.5 Å². The Hall–Kier alpha value is -3.42. The van der Waals surface area contributed by atoms with Crippen molar-refractivity contribution in [3.8, 4) is 5.75 Å². The third kappa shape index (κ3) is 6.91. The van der Waals surface area contributed by atoms with Crippen LogP contribution in [-0.2, 0) is 26.3 Å². The lowest BCUT2D eigenvalue weighted by molar-refractivity contribution is -0.143. The number of rotatable bonds is 10. The maximum Gasteiger partial charge on any atom is 0.308 e. The van der Waals surface area contributed by atoms with Crippen molar-refractivity contribution in [1.29, 1.82) is 0 Å². The fraction of sp³-hybridized carbons (Fsp3) is 0.533. The highest BCUT2D eigenvalue weighted by Crippen LogP contribution is 2.30. The zero-order valence-electron chi connectivity index (χ0n) is 24.3. The van der Waals surface area contributed by atoms with E-state index in [-0.39, 0.29) is 36.4 Å². The lowest BCUT2D eigenvalue weighted by atomic mass is 9.98. The van der Waals surface area contributed by atoms with E-state index in [0.29, 0.717) is 13.0 Å². The third-order valence-corrected chi connectivity index (χ3v) is 6.48. The zero-order chi connectivity index (χ0) is 28.2. The van der Waals surface area contributed by atoms with Crippen LogP contribution in [0.15, 0.2) is 24.3 Å². The molecule has 1 atom stereocenters. The van der Waals surface area contributed by atoms with Gasteiger partial charge in [-0.1, -0.05) is 12.1 Å². The van der Waals surface area contributed by atoms with Crippen LogP contribution in [0.3, 0.4) is 0 Å². The molecule has 0 saturated heterocycles. The van der Waals surface area contributed by atoms with Crippen LogP contribution in [0.5, 0.6) is 5.75 Å². The summed E-state index contributed by atoms with van der Waals surface area (Å²) in [7, 11) is 0. The second-order valence-corrected chi connectivity index (χ2v) is 11.0. The van der Waals surface area contributed by atoms with Crippen molar-refractivity contribution in [2.75, 3.05) is 6.61 Å².